The van der Waals surface area contributed by atoms with Gasteiger partial charge < -0.3 is 9.84 Å². The third kappa shape index (κ3) is 0.861. The summed E-state index contributed by atoms with van der Waals surface area (Å²) in [5, 5.41) is 18.4. The fourth-order valence-corrected chi connectivity index (χ4v) is 2.96. The number of ether oxygens (including phenoxy) is 1. The molecule has 0 unspecified atom stereocenters. The number of esters is 1. The van der Waals surface area contributed by atoms with Crippen LogP contribution in [0.4, 0.5) is 0 Å². The Morgan fingerprint density at radius 2 is 2.12 bits per heavy atom. The molecule has 2 bridgehead atoms. The van der Waals surface area contributed by atoms with Crippen molar-refractivity contribution >= 4 is 5.97 Å². The Bertz CT molecular complexity index is 435. The van der Waals surface area contributed by atoms with Gasteiger partial charge in [0, 0.05) is 5.41 Å². The Kier molecular flexibility index (Phi) is 1.88. The van der Waals surface area contributed by atoms with Gasteiger partial charge >= 0.3 is 12.2 Å². The van der Waals surface area contributed by atoms with Crippen LogP contribution < -0.4 is 0 Å². The van der Waals surface area contributed by atoms with Crippen LogP contribution >= 0.6 is 0 Å². The average Bonchev–Trinajstić information content (AvgIpc) is 2.48. The van der Waals surface area contributed by atoms with Gasteiger partial charge in [0.05, 0.1) is 5.41 Å². The number of hydrogen-bond donors (Lipinski definition) is 1. The molecule has 1 N–H and O–H groups in total. The molecule has 0 amide bonds. The van der Waals surface area contributed by atoms with Crippen molar-refractivity contribution in [1.29, 1.82) is 5.39 Å². The van der Waals surface area contributed by atoms with Crippen molar-refractivity contribution < 1.29 is 14.6 Å². The van der Waals surface area contributed by atoms with E-state index < -0.39 is 16.4 Å². The molecule has 2 rings (SSSR count). The number of fused-ring (bicyclic) bond motifs is 2. The van der Waals surface area contributed by atoms with E-state index in [1.807, 2.05) is 20.8 Å². The lowest BCUT2D eigenvalue weighted by atomic mass is 9.66. The summed E-state index contributed by atoms with van der Waals surface area (Å²) in [6.07, 6.45) is 2.16. The molecule has 0 radical (unpaired) electrons. The predicted molar refractivity (Wildman–Crippen MR) is 55.7 cm³/mol. The molecule has 1 aliphatic carbocycles. The van der Waals surface area contributed by atoms with Crippen LogP contribution in [0.25, 0.3) is 4.98 Å². The van der Waals surface area contributed by atoms with Crippen molar-refractivity contribution in [2.75, 3.05) is 0 Å². The van der Waals surface area contributed by atoms with Gasteiger partial charge in [-0.15, -0.1) is 0 Å². The standard InChI is InChI=1S/C11H14N2O3/c1-9(2)10(3)4-5-11(9,16-8(10)15)7(14)6-13-12/h6H,4-5H2,1-3H3/p+1/b7-6-/t10-,11+/m0/s1. The highest BCUT2D eigenvalue weighted by molar-refractivity contribution is 5.83. The molecule has 16 heavy (non-hydrogen) atoms. The topological polar surface area (TPSA) is 74.7 Å². The average molecular weight is 223 g/mol. The summed E-state index contributed by atoms with van der Waals surface area (Å²) < 4.78 is 5.35. The SMILES string of the molecule is CC1(C)[C@@]2(C)CC[C@]1(/C(O)=C/[N+]#N)OC2=O. The first kappa shape index (κ1) is 10.9. The fourth-order valence-electron chi connectivity index (χ4n) is 2.96. The third-order valence-electron chi connectivity index (χ3n) is 4.68. The minimum Gasteiger partial charge on any atom is -0.503 e. The van der Waals surface area contributed by atoms with E-state index in [0.29, 0.717) is 12.8 Å². The molecule has 0 spiro atoms. The molecule has 0 aromatic rings. The Morgan fingerprint density at radius 1 is 1.50 bits per heavy atom. The third-order valence-corrected chi connectivity index (χ3v) is 4.68. The molecule has 0 aromatic carbocycles. The van der Waals surface area contributed by atoms with E-state index >= 15 is 0 Å². The van der Waals surface area contributed by atoms with Crippen LogP contribution in [0.5, 0.6) is 0 Å². The Labute approximate surface area is 93.7 Å². The lowest BCUT2D eigenvalue weighted by Crippen LogP contribution is -2.42. The largest absolute Gasteiger partial charge is 0.503 e. The van der Waals surface area contributed by atoms with E-state index in [0.717, 1.165) is 6.20 Å². The molecule has 2 aliphatic rings. The van der Waals surface area contributed by atoms with E-state index in [1.54, 1.807) is 0 Å². The van der Waals surface area contributed by atoms with Gasteiger partial charge in [-0.1, -0.05) is 13.8 Å². The first-order valence-electron chi connectivity index (χ1n) is 5.29. The zero-order valence-electron chi connectivity index (χ0n) is 9.65. The van der Waals surface area contributed by atoms with Crippen molar-refractivity contribution in [3.05, 3.63) is 16.9 Å². The summed E-state index contributed by atoms with van der Waals surface area (Å²) in [6, 6.07) is 0. The van der Waals surface area contributed by atoms with Crippen molar-refractivity contribution in [2.45, 2.75) is 39.2 Å². The number of rotatable bonds is 1. The molecule has 1 saturated carbocycles. The monoisotopic (exact) mass is 223 g/mol. The highest BCUT2D eigenvalue weighted by atomic mass is 16.6. The summed E-state index contributed by atoms with van der Waals surface area (Å²) in [6.45, 7) is 5.64. The van der Waals surface area contributed by atoms with Crippen molar-refractivity contribution in [3.63, 3.8) is 0 Å². The van der Waals surface area contributed by atoms with Gasteiger partial charge in [0.1, 0.15) is 0 Å². The minimum absolute atomic E-state index is 0.186. The summed E-state index contributed by atoms with van der Waals surface area (Å²) in [7, 11) is 0. The second-order valence-electron chi connectivity index (χ2n) is 5.30. The highest BCUT2D eigenvalue weighted by Crippen LogP contribution is 2.67. The zero-order chi connectivity index (χ0) is 12.2. The number of aliphatic hydroxyl groups is 1. The minimum atomic E-state index is -1.04. The van der Waals surface area contributed by atoms with Crippen LogP contribution in [0.1, 0.15) is 33.6 Å². The predicted octanol–water partition coefficient (Wildman–Crippen LogP) is 2.36. The highest BCUT2D eigenvalue weighted by Gasteiger charge is 2.75. The maximum atomic E-state index is 11.8. The van der Waals surface area contributed by atoms with Crippen LogP contribution in [-0.4, -0.2) is 16.7 Å². The van der Waals surface area contributed by atoms with Gasteiger partial charge in [-0.3, -0.25) is 4.79 Å². The lowest BCUT2D eigenvalue weighted by Gasteiger charge is -2.34. The van der Waals surface area contributed by atoms with Gasteiger partial charge in [-0.05, 0) is 19.8 Å². The second-order valence-corrected chi connectivity index (χ2v) is 5.30. The molecule has 5 heteroatoms. The first-order valence-corrected chi connectivity index (χ1v) is 5.29. The summed E-state index contributed by atoms with van der Waals surface area (Å²) in [5.41, 5.74) is -2.13. The van der Waals surface area contributed by atoms with E-state index in [4.69, 9.17) is 10.1 Å². The summed E-state index contributed by atoms with van der Waals surface area (Å²) in [5.74, 6) is -0.476. The van der Waals surface area contributed by atoms with Gasteiger partial charge in [-0.25, -0.2) is 0 Å². The van der Waals surface area contributed by atoms with Gasteiger partial charge in [0.2, 0.25) is 11.2 Å². The molecule has 0 aromatic heterocycles. The molecule has 2 atom stereocenters. The molecule has 1 saturated heterocycles. The van der Waals surface area contributed by atoms with E-state index in [9.17, 15) is 9.90 Å². The Balaban J connectivity index is 2.58. The van der Waals surface area contributed by atoms with Crippen molar-refractivity contribution in [2.24, 2.45) is 10.8 Å². The number of carbonyl (C=O) groups excluding carboxylic acids is 1. The maximum absolute atomic E-state index is 11.8. The fraction of sp³-hybridized carbons (Fsp3) is 0.727. The van der Waals surface area contributed by atoms with Gasteiger partial charge in [0.25, 0.3) is 0 Å². The normalized spacial score (nSPS) is 40.6. The number of nitrogens with zero attached hydrogens (tertiary/aromatic N) is 2. The molecular weight excluding hydrogens is 208 g/mol. The van der Waals surface area contributed by atoms with E-state index in [1.165, 1.54) is 0 Å². The van der Waals surface area contributed by atoms with Crippen molar-refractivity contribution in [1.82, 2.24) is 0 Å². The number of aliphatic hydroxyl groups excluding tert-OH is 1. The van der Waals surface area contributed by atoms with Crippen LogP contribution in [0.2, 0.25) is 0 Å². The lowest BCUT2D eigenvalue weighted by molar-refractivity contribution is -0.159. The zero-order valence-corrected chi connectivity index (χ0v) is 9.65. The van der Waals surface area contributed by atoms with Crippen LogP contribution in [-0.2, 0) is 9.53 Å². The van der Waals surface area contributed by atoms with Crippen LogP contribution in [0.15, 0.2) is 12.0 Å². The molecule has 86 valence electrons. The van der Waals surface area contributed by atoms with Gasteiger partial charge in [0.15, 0.2) is 10.6 Å². The maximum Gasteiger partial charge on any atom is 0.391 e. The summed E-state index contributed by atoms with van der Waals surface area (Å²) in [4.78, 5) is 14.6. The van der Waals surface area contributed by atoms with Crippen LogP contribution in [0, 0.1) is 16.2 Å². The second kappa shape index (κ2) is 2.76. The summed E-state index contributed by atoms with van der Waals surface area (Å²) >= 11 is 0. The van der Waals surface area contributed by atoms with Crippen LogP contribution in [0.3, 0.4) is 0 Å². The number of hydrogen-bond acceptors (Lipinski definition) is 4. The Morgan fingerprint density at radius 3 is 2.50 bits per heavy atom. The smallest absolute Gasteiger partial charge is 0.391 e. The number of carbonyl (C=O) groups is 1. The Hall–Kier alpha value is -1.57. The van der Waals surface area contributed by atoms with E-state index in [-0.39, 0.29) is 11.7 Å². The molecule has 1 heterocycles. The molecule has 5 nitrogen and oxygen atoms in total. The molecule has 2 fully saturated rings. The van der Waals surface area contributed by atoms with E-state index in [2.05, 4.69) is 4.98 Å². The molecule has 1 aliphatic heterocycles. The first-order chi connectivity index (χ1) is 7.32. The van der Waals surface area contributed by atoms with Gasteiger partial charge in [-0.2, -0.15) is 0 Å². The number of diazo groups is 1. The quantitative estimate of drug-likeness (QED) is 0.420. The van der Waals surface area contributed by atoms with Crippen molar-refractivity contribution in [3.8, 4) is 0 Å². The molecular formula is C11H15N2O3+.